The topological polar surface area (TPSA) is 125 Å². The first-order valence-corrected chi connectivity index (χ1v) is 10.1. The molecule has 0 aliphatic heterocycles. The van der Waals surface area contributed by atoms with Crippen LogP contribution < -0.4 is 16.2 Å². The van der Waals surface area contributed by atoms with Crippen molar-refractivity contribution in [1.29, 1.82) is 0 Å². The minimum absolute atomic E-state index is 0.0993. The number of nitrogens with two attached hydrogens (primary N) is 2. The van der Waals surface area contributed by atoms with Gasteiger partial charge in [-0.05, 0) is 36.2 Å². The predicted octanol–water partition coefficient (Wildman–Crippen LogP) is 2.88. The fourth-order valence-electron chi connectivity index (χ4n) is 2.55. The van der Waals surface area contributed by atoms with Crippen LogP contribution in [-0.4, -0.2) is 26.5 Å². The molecule has 2 aromatic carbocycles. The quantitative estimate of drug-likeness (QED) is 0.556. The Kier molecular flexibility index (Phi) is 6.21. The zero-order valence-electron chi connectivity index (χ0n) is 15.4. The van der Waals surface area contributed by atoms with Crippen molar-refractivity contribution in [3.8, 4) is 11.5 Å². The van der Waals surface area contributed by atoms with E-state index >= 15 is 0 Å². The molecular formula is C18H18F3N3O4S. The van der Waals surface area contributed by atoms with E-state index < -0.39 is 44.1 Å². The van der Waals surface area contributed by atoms with Crippen molar-refractivity contribution in [3.05, 3.63) is 53.1 Å². The number of hydrogen-bond acceptors (Lipinski definition) is 4. The first-order valence-electron chi connectivity index (χ1n) is 8.19. The molecule has 2 aromatic rings. The van der Waals surface area contributed by atoms with Gasteiger partial charge in [0.05, 0.1) is 5.56 Å². The zero-order valence-corrected chi connectivity index (χ0v) is 16.3. The highest BCUT2D eigenvalue weighted by Crippen LogP contribution is 2.40. The summed E-state index contributed by atoms with van der Waals surface area (Å²) in [7, 11) is -3.98. The highest BCUT2D eigenvalue weighted by atomic mass is 32.2. The molecule has 156 valence electrons. The van der Waals surface area contributed by atoms with Gasteiger partial charge < -0.3 is 16.2 Å². The van der Waals surface area contributed by atoms with Crippen LogP contribution in [0.1, 0.15) is 28.4 Å². The molecule has 1 amide bonds. The molecule has 0 unspecified atom stereocenters. The molecule has 0 aliphatic rings. The Labute approximate surface area is 165 Å². The van der Waals surface area contributed by atoms with Crippen molar-refractivity contribution >= 4 is 21.7 Å². The molecule has 11 heteroatoms. The lowest BCUT2D eigenvalue weighted by Gasteiger charge is -2.17. The lowest BCUT2D eigenvalue weighted by molar-refractivity contribution is -0.138. The number of halogens is 3. The van der Waals surface area contributed by atoms with E-state index in [1.54, 1.807) is 6.92 Å². The summed E-state index contributed by atoms with van der Waals surface area (Å²) in [6.07, 6.45) is -3.63. The summed E-state index contributed by atoms with van der Waals surface area (Å²) in [6.45, 7) is 1.66. The highest BCUT2D eigenvalue weighted by Gasteiger charge is 2.34. The number of aryl methyl sites for hydroxylation is 1. The number of rotatable bonds is 5. The summed E-state index contributed by atoms with van der Waals surface area (Å²) in [4.78, 5) is 15.2. The van der Waals surface area contributed by atoms with Crippen molar-refractivity contribution in [3.63, 3.8) is 0 Å². The molecular weight excluding hydrogens is 411 g/mol. The lowest BCUT2D eigenvalue weighted by Crippen LogP contribution is -2.24. The molecule has 0 radical (unpaired) electrons. The summed E-state index contributed by atoms with van der Waals surface area (Å²) >= 11 is 0. The van der Waals surface area contributed by atoms with Gasteiger partial charge in [-0.2, -0.15) is 18.2 Å². The SMILES string of the molecule is CCc1cc(Oc2ccccc2C(F)(F)F)c(S(C)(=O)=O)cc1C(=O)N=C(N)N. The fourth-order valence-corrected chi connectivity index (χ4v) is 3.35. The Morgan fingerprint density at radius 1 is 1.14 bits per heavy atom. The molecule has 0 spiro atoms. The van der Waals surface area contributed by atoms with Crippen molar-refractivity contribution in [2.24, 2.45) is 16.5 Å². The van der Waals surface area contributed by atoms with E-state index in [-0.39, 0.29) is 17.7 Å². The smallest absolute Gasteiger partial charge is 0.419 e. The summed E-state index contributed by atoms with van der Waals surface area (Å²) in [5, 5.41) is 0. The molecule has 0 bridgehead atoms. The average Bonchev–Trinajstić information content (AvgIpc) is 2.59. The number of benzene rings is 2. The second-order valence-electron chi connectivity index (χ2n) is 6.02. The number of hydrogen-bond donors (Lipinski definition) is 2. The number of ether oxygens (including phenoxy) is 1. The van der Waals surface area contributed by atoms with Crippen LogP contribution in [0, 0.1) is 0 Å². The first-order chi connectivity index (χ1) is 13.3. The number of carbonyl (C=O) groups excluding carboxylic acids is 1. The standard InChI is InChI=1S/C18H18F3N3O4S/c1-3-10-8-14(28-13-7-5-4-6-12(13)18(19,20)21)15(29(2,26)27)9-11(10)16(25)24-17(22)23/h4-9H,3H2,1-2H3,(H4,22,23,24,25). The minimum Gasteiger partial charge on any atom is -0.455 e. The maximum Gasteiger partial charge on any atom is 0.419 e. The molecule has 0 saturated carbocycles. The van der Waals surface area contributed by atoms with E-state index in [0.717, 1.165) is 24.5 Å². The van der Waals surface area contributed by atoms with Gasteiger partial charge in [-0.3, -0.25) is 4.79 Å². The molecule has 2 rings (SSSR count). The van der Waals surface area contributed by atoms with Crippen LogP contribution in [0.15, 0.2) is 46.3 Å². The highest BCUT2D eigenvalue weighted by molar-refractivity contribution is 7.90. The van der Waals surface area contributed by atoms with Gasteiger partial charge in [-0.15, -0.1) is 0 Å². The largest absolute Gasteiger partial charge is 0.455 e. The normalized spacial score (nSPS) is 11.8. The second-order valence-corrected chi connectivity index (χ2v) is 8.00. The van der Waals surface area contributed by atoms with Crippen molar-refractivity contribution in [2.45, 2.75) is 24.4 Å². The maximum absolute atomic E-state index is 13.2. The summed E-state index contributed by atoms with van der Waals surface area (Å²) in [5.74, 6) is -2.32. The molecule has 0 saturated heterocycles. The average molecular weight is 429 g/mol. The molecule has 0 aromatic heterocycles. The van der Waals surface area contributed by atoms with Gasteiger partial charge in [0.25, 0.3) is 5.91 Å². The van der Waals surface area contributed by atoms with Crippen LogP contribution in [0.5, 0.6) is 11.5 Å². The summed E-state index contributed by atoms with van der Waals surface area (Å²) in [6, 6.07) is 6.57. The van der Waals surface area contributed by atoms with Crippen LogP contribution >= 0.6 is 0 Å². The van der Waals surface area contributed by atoms with Gasteiger partial charge in [0.2, 0.25) is 0 Å². The molecule has 0 heterocycles. The third-order valence-electron chi connectivity index (χ3n) is 3.82. The third-order valence-corrected chi connectivity index (χ3v) is 4.94. The van der Waals surface area contributed by atoms with Crippen LogP contribution in [0.2, 0.25) is 0 Å². The van der Waals surface area contributed by atoms with Crippen LogP contribution in [0.3, 0.4) is 0 Å². The van der Waals surface area contributed by atoms with Crippen LogP contribution in [-0.2, 0) is 22.4 Å². The monoisotopic (exact) mass is 429 g/mol. The minimum atomic E-state index is -4.71. The van der Waals surface area contributed by atoms with Gasteiger partial charge in [-0.25, -0.2) is 8.42 Å². The molecule has 4 N–H and O–H groups in total. The van der Waals surface area contributed by atoms with Gasteiger partial charge in [-0.1, -0.05) is 19.1 Å². The Balaban J connectivity index is 2.71. The third kappa shape index (κ3) is 5.25. The van der Waals surface area contributed by atoms with E-state index in [0.29, 0.717) is 5.56 Å². The number of sulfone groups is 1. The van der Waals surface area contributed by atoms with Crippen LogP contribution in [0.4, 0.5) is 13.2 Å². The second kappa shape index (κ2) is 8.11. The van der Waals surface area contributed by atoms with E-state index in [1.807, 2.05) is 0 Å². The predicted molar refractivity (Wildman–Crippen MR) is 101 cm³/mol. The Morgan fingerprint density at radius 2 is 1.76 bits per heavy atom. The Morgan fingerprint density at radius 3 is 2.28 bits per heavy atom. The number of aliphatic imine (C=N–C) groups is 1. The van der Waals surface area contributed by atoms with E-state index in [2.05, 4.69) is 4.99 Å². The molecule has 0 fully saturated rings. The zero-order chi connectivity index (χ0) is 22.0. The van der Waals surface area contributed by atoms with Gasteiger partial charge in [0.15, 0.2) is 15.8 Å². The number of para-hydroxylation sites is 1. The lowest BCUT2D eigenvalue weighted by atomic mass is 10.0. The molecule has 0 aliphatic carbocycles. The van der Waals surface area contributed by atoms with E-state index in [9.17, 15) is 26.4 Å². The summed E-state index contributed by atoms with van der Waals surface area (Å²) < 4.78 is 69.5. The molecule has 29 heavy (non-hydrogen) atoms. The van der Waals surface area contributed by atoms with E-state index in [1.165, 1.54) is 18.2 Å². The van der Waals surface area contributed by atoms with Gasteiger partial charge >= 0.3 is 6.18 Å². The van der Waals surface area contributed by atoms with Gasteiger partial charge in [0, 0.05) is 11.8 Å². The van der Waals surface area contributed by atoms with Crippen molar-refractivity contribution < 1.29 is 31.1 Å². The molecule has 0 atom stereocenters. The Hall–Kier alpha value is -3.08. The maximum atomic E-state index is 13.2. The number of alkyl halides is 3. The Bertz CT molecular complexity index is 1080. The summed E-state index contributed by atoms with van der Waals surface area (Å²) in [5.41, 5.74) is 9.51. The fraction of sp³-hybridized carbons (Fsp3) is 0.222. The number of nitrogens with zero attached hydrogens (tertiary/aromatic N) is 1. The number of carbonyl (C=O) groups is 1. The van der Waals surface area contributed by atoms with E-state index in [4.69, 9.17) is 16.2 Å². The van der Waals surface area contributed by atoms with Crippen molar-refractivity contribution in [1.82, 2.24) is 0 Å². The number of guanidine groups is 1. The van der Waals surface area contributed by atoms with Crippen LogP contribution in [0.25, 0.3) is 0 Å². The van der Waals surface area contributed by atoms with Crippen molar-refractivity contribution in [2.75, 3.05) is 6.26 Å². The molecule has 7 nitrogen and oxygen atoms in total. The number of amides is 1. The first kappa shape index (κ1) is 22.2. The van der Waals surface area contributed by atoms with Gasteiger partial charge in [0.1, 0.15) is 16.4 Å².